The molecule has 0 amide bonds. The monoisotopic (exact) mass is 352 g/mol. The Balaban J connectivity index is 1.38. The van der Waals surface area contributed by atoms with Gasteiger partial charge in [-0.25, -0.2) is 0 Å². The molecule has 6 heteroatoms. The lowest BCUT2D eigenvalue weighted by Gasteiger charge is -2.30. The molecule has 0 atom stereocenters. The summed E-state index contributed by atoms with van der Waals surface area (Å²) in [5.41, 5.74) is 1.66. The molecule has 0 bridgehead atoms. The molecule has 2 N–H and O–H groups in total. The number of nitrogens with one attached hydrogen (secondary N) is 2. The normalized spacial score (nSPS) is 18.7. The van der Waals surface area contributed by atoms with E-state index >= 15 is 0 Å². The molecule has 0 unspecified atom stereocenters. The molecular weight excluding hydrogens is 324 g/mol. The van der Waals surface area contributed by atoms with Gasteiger partial charge in [0.2, 0.25) is 0 Å². The van der Waals surface area contributed by atoms with Crippen molar-refractivity contribution in [1.29, 1.82) is 0 Å². The zero-order valence-electron chi connectivity index (χ0n) is 15.5. The minimum absolute atomic E-state index is 0.217. The Kier molecular flexibility index (Phi) is 4.91. The molecule has 138 valence electrons. The van der Waals surface area contributed by atoms with Gasteiger partial charge in [-0.15, -0.1) is 10.2 Å². The van der Waals surface area contributed by atoms with Crippen LogP contribution in [0.1, 0.15) is 49.3 Å². The van der Waals surface area contributed by atoms with Crippen LogP contribution in [0.3, 0.4) is 0 Å². The van der Waals surface area contributed by atoms with Crippen molar-refractivity contribution in [3.63, 3.8) is 0 Å². The van der Waals surface area contributed by atoms with E-state index in [2.05, 4.69) is 60.7 Å². The highest BCUT2D eigenvalue weighted by molar-refractivity contribution is 5.79. The van der Waals surface area contributed by atoms with Crippen LogP contribution in [0.25, 0.3) is 0 Å². The quantitative estimate of drug-likeness (QED) is 0.640. The van der Waals surface area contributed by atoms with E-state index in [1.807, 2.05) is 7.05 Å². The highest BCUT2D eigenvalue weighted by atomic mass is 15.3. The van der Waals surface area contributed by atoms with Gasteiger partial charge in [-0.3, -0.25) is 4.99 Å². The Labute approximate surface area is 155 Å². The Morgan fingerprint density at radius 1 is 1.12 bits per heavy atom. The number of hydrogen-bond donors (Lipinski definition) is 2. The number of hydrogen-bond acceptors (Lipinski definition) is 3. The van der Waals surface area contributed by atoms with Crippen molar-refractivity contribution >= 4 is 5.96 Å². The van der Waals surface area contributed by atoms with E-state index in [1.165, 1.54) is 37.7 Å². The van der Waals surface area contributed by atoms with Crippen molar-refractivity contribution in [1.82, 2.24) is 25.4 Å². The van der Waals surface area contributed by atoms with Gasteiger partial charge in [0.15, 0.2) is 11.8 Å². The molecule has 2 aromatic rings. The van der Waals surface area contributed by atoms with Gasteiger partial charge >= 0.3 is 0 Å². The third-order valence-corrected chi connectivity index (χ3v) is 5.86. The van der Waals surface area contributed by atoms with E-state index in [-0.39, 0.29) is 5.41 Å². The van der Waals surface area contributed by atoms with Crippen LogP contribution in [0.4, 0.5) is 0 Å². The van der Waals surface area contributed by atoms with E-state index < -0.39 is 0 Å². The van der Waals surface area contributed by atoms with Gasteiger partial charge in [-0.1, -0.05) is 43.2 Å². The van der Waals surface area contributed by atoms with Crippen LogP contribution in [0.5, 0.6) is 0 Å². The Hall–Kier alpha value is -2.37. The van der Waals surface area contributed by atoms with Crippen LogP contribution in [0.2, 0.25) is 0 Å². The molecular formula is C20H28N6. The summed E-state index contributed by atoms with van der Waals surface area (Å²) in [5, 5.41) is 15.6. The van der Waals surface area contributed by atoms with Gasteiger partial charge in [0, 0.05) is 32.0 Å². The van der Waals surface area contributed by atoms with Gasteiger partial charge in [-0.2, -0.15) is 0 Å². The number of nitrogens with zero attached hydrogens (tertiary/aromatic N) is 4. The zero-order valence-corrected chi connectivity index (χ0v) is 15.5. The van der Waals surface area contributed by atoms with Crippen LogP contribution >= 0.6 is 0 Å². The molecule has 0 spiro atoms. The standard InChI is InChI=1S/C20H28N6/c1-21-19(22-14-18-25-24-17-10-7-13-26(17)18)23-15-20(11-5-6-12-20)16-8-3-2-4-9-16/h2-4,8-9H,5-7,10-15H2,1H3,(H2,21,22,23). The fourth-order valence-corrected chi connectivity index (χ4v) is 4.39. The number of guanidine groups is 1. The lowest BCUT2D eigenvalue weighted by molar-refractivity contribution is 0.431. The van der Waals surface area contributed by atoms with Crippen molar-refractivity contribution in [2.45, 2.75) is 57.0 Å². The Morgan fingerprint density at radius 2 is 1.92 bits per heavy atom. The number of aryl methyl sites for hydroxylation is 1. The number of aliphatic imine (C=N–C) groups is 1. The lowest BCUT2D eigenvalue weighted by atomic mass is 9.79. The topological polar surface area (TPSA) is 67.1 Å². The van der Waals surface area contributed by atoms with Crippen molar-refractivity contribution in [3.05, 3.63) is 47.5 Å². The van der Waals surface area contributed by atoms with Gasteiger partial charge < -0.3 is 15.2 Å². The van der Waals surface area contributed by atoms with Crippen LogP contribution in [0.15, 0.2) is 35.3 Å². The number of benzene rings is 1. The van der Waals surface area contributed by atoms with Crippen molar-refractivity contribution in [2.24, 2.45) is 4.99 Å². The second kappa shape index (κ2) is 7.48. The van der Waals surface area contributed by atoms with Gasteiger partial charge in [0.25, 0.3) is 0 Å². The average Bonchev–Trinajstić information content (AvgIpc) is 3.41. The van der Waals surface area contributed by atoms with Crippen LogP contribution < -0.4 is 10.6 Å². The number of fused-ring (bicyclic) bond motifs is 1. The predicted molar refractivity (Wildman–Crippen MR) is 103 cm³/mol. The second-order valence-corrected chi connectivity index (χ2v) is 7.42. The van der Waals surface area contributed by atoms with E-state index in [0.717, 1.165) is 37.1 Å². The fourth-order valence-electron chi connectivity index (χ4n) is 4.39. The van der Waals surface area contributed by atoms with Crippen molar-refractivity contribution in [3.8, 4) is 0 Å². The summed E-state index contributed by atoms with van der Waals surface area (Å²) < 4.78 is 2.22. The zero-order chi connectivity index (χ0) is 17.8. The van der Waals surface area contributed by atoms with Crippen molar-refractivity contribution in [2.75, 3.05) is 13.6 Å². The maximum Gasteiger partial charge on any atom is 0.191 e. The van der Waals surface area contributed by atoms with Crippen LogP contribution in [0, 0.1) is 0 Å². The Morgan fingerprint density at radius 3 is 2.69 bits per heavy atom. The molecule has 2 heterocycles. The first-order chi connectivity index (χ1) is 12.8. The summed E-state index contributed by atoms with van der Waals surface area (Å²) >= 11 is 0. The molecule has 1 fully saturated rings. The maximum atomic E-state index is 4.40. The molecule has 1 aliphatic heterocycles. The number of aromatic nitrogens is 3. The average molecular weight is 352 g/mol. The third kappa shape index (κ3) is 3.32. The van der Waals surface area contributed by atoms with Crippen LogP contribution in [-0.2, 0) is 24.9 Å². The van der Waals surface area contributed by atoms with E-state index in [1.54, 1.807) is 0 Å². The largest absolute Gasteiger partial charge is 0.356 e. The molecule has 1 aliphatic carbocycles. The highest BCUT2D eigenvalue weighted by Gasteiger charge is 2.35. The molecule has 26 heavy (non-hydrogen) atoms. The Bertz CT molecular complexity index is 758. The minimum atomic E-state index is 0.217. The van der Waals surface area contributed by atoms with Gasteiger partial charge in [0.05, 0.1) is 6.54 Å². The van der Waals surface area contributed by atoms with Gasteiger partial charge in [0.1, 0.15) is 5.82 Å². The predicted octanol–water partition coefficient (Wildman–Crippen LogP) is 2.40. The van der Waals surface area contributed by atoms with E-state index in [0.29, 0.717) is 6.54 Å². The fraction of sp³-hybridized carbons (Fsp3) is 0.550. The summed E-state index contributed by atoms with van der Waals surface area (Å²) in [6, 6.07) is 10.9. The minimum Gasteiger partial charge on any atom is -0.356 e. The van der Waals surface area contributed by atoms with Gasteiger partial charge in [-0.05, 0) is 24.8 Å². The lowest BCUT2D eigenvalue weighted by Crippen LogP contribution is -2.44. The molecule has 0 saturated heterocycles. The first-order valence-electron chi connectivity index (χ1n) is 9.72. The smallest absolute Gasteiger partial charge is 0.191 e. The van der Waals surface area contributed by atoms with E-state index in [9.17, 15) is 0 Å². The summed E-state index contributed by atoms with van der Waals surface area (Å²) in [4.78, 5) is 4.40. The maximum absolute atomic E-state index is 4.40. The summed E-state index contributed by atoms with van der Waals surface area (Å²) in [7, 11) is 1.83. The van der Waals surface area contributed by atoms with E-state index in [4.69, 9.17) is 0 Å². The summed E-state index contributed by atoms with van der Waals surface area (Å²) in [5.74, 6) is 2.94. The first kappa shape index (κ1) is 17.1. The molecule has 6 nitrogen and oxygen atoms in total. The molecule has 0 radical (unpaired) electrons. The molecule has 4 rings (SSSR count). The second-order valence-electron chi connectivity index (χ2n) is 7.42. The van der Waals surface area contributed by atoms with Crippen LogP contribution in [-0.4, -0.2) is 34.3 Å². The summed E-state index contributed by atoms with van der Waals surface area (Å²) in [6.07, 6.45) is 7.28. The van der Waals surface area contributed by atoms with Crippen molar-refractivity contribution < 1.29 is 0 Å². The summed E-state index contributed by atoms with van der Waals surface area (Å²) in [6.45, 7) is 2.60. The molecule has 2 aliphatic rings. The molecule has 1 saturated carbocycles. The molecule has 1 aromatic heterocycles. The highest BCUT2D eigenvalue weighted by Crippen LogP contribution is 2.40. The first-order valence-corrected chi connectivity index (χ1v) is 9.72. The molecule has 1 aromatic carbocycles. The third-order valence-electron chi connectivity index (χ3n) is 5.86. The number of rotatable bonds is 5. The SMILES string of the molecule is CN=C(NCc1nnc2n1CCC2)NCC1(c2ccccc2)CCCC1.